The van der Waals surface area contributed by atoms with Crippen LogP contribution in [0.15, 0.2) is 0 Å². The van der Waals surface area contributed by atoms with Gasteiger partial charge in [-0.25, -0.2) is 0 Å². The minimum Gasteiger partial charge on any atom is -0.361 e. The first-order valence-electron chi connectivity index (χ1n) is 4.94. The van der Waals surface area contributed by atoms with Crippen LogP contribution in [-0.2, 0) is 0 Å². The summed E-state index contributed by atoms with van der Waals surface area (Å²) in [6.45, 7) is 10.5. The molecular weight excluding hydrogens is 148 g/mol. The molecule has 0 aliphatic heterocycles. The summed E-state index contributed by atoms with van der Waals surface area (Å²) in [6.07, 6.45) is 2.06. The Balaban J connectivity index is 3.69. The molecule has 0 aliphatic carbocycles. The van der Waals surface area contributed by atoms with E-state index in [1.165, 1.54) is 0 Å². The zero-order valence-electron chi connectivity index (χ0n) is 8.85. The van der Waals surface area contributed by atoms with Gasteiger partial charge in [-0.2, -0.15) is 0 Å². The van der Waals surface area contributed by atoms with Crippen LogP contribution in [0.25, 0.3) is 0 Å². The van der Waals surface area contributed by atoms with Gasteiger partial charge in [-0.05, 0) is 26.2 Å². The van der Waals surface area contributed by atoms with Crippen molar-refractivity contribution in [3.63, 3.8) is 0 Å². The van der Waals surface area contributed by atoms with Gasteiger partial charge < -0.3 is 4.90 Å². The summed E-state index contributed by atoms with van der Waals surface area (Å²) in [5, 5.41) is 7.77. The molecule has 1 N–H and O–H groups in total. The molecule has 0 spiro atoms. The predicted octanol–water partition coefficient (Wildman–Crippen LogP) is 2.74. The van der Waals surface area contributed by atoms with Crippen LogP contribution in [0.2, 0.25) is 0 Å². The minimum absolute atomic E-state index is 0.709. The SMILES string of the molecule is CCN(CC)C(=N)CCC(C)C. The number of hydrogen-bond donors (Lipinski definition) is 1. The predicted molar refractivity (Wildman–Crippen MR) is 54.7 cm³/mol. The second-order valence-corrected chi connectivity index (χ2v) is 3.55. The summed E-state index contributed by atoms with van der Waals surface area (Å²) in [4.78, 5) is 2.11. The first-order valence-corrected chi connectivity index (χ1v) is 4.94. The van der Waals surface area contributed by atoms with Crippen LogP contribution in [-0.4, -0.2) is 23.8 Å². The maximum absolute atomic E-state index is 7.77. The molecule has 0 aromatic heterocycles. The van der Waals surface area contributed by atoms with Gasteiger partial charge in [0.2, 0.25) is 0 Å². The minimum atomic E-state index is 0.709. The quantitative estimate of drug-likeness (QED) is 0.498. The van der Waals surface area contributed by atoms with Gasteiger partial charge >= 0.3 is 0 Å². The van der Waals surface area contributed by atoms with E-state index in [9.17, 15) is 0 Å². The van der Waals surface area contributed by atoms with Crippen molar-refractivity contribution in [2.45, 2.75) is 40.5 Å². The summed E-state index contributed by atoms with van der Waals surface area (Å²) < 4.78 is 0. The number of rotatable bonds is 5. The highest BCUT2D eigenvalue weighted by Gasteiger charge is 2.05. The maximum Gasteiger partial charge on any atom is 0.0957 e. The second-order valence-electron chi connectivity index (χ2n) is 3.55. The normalized spacial score (nSPS) is 10.4. The monoisotopic (exact) mass is 170 g/mol. The van der Waals surface area contributed by atoms with Crippen LogP contribution in [0.4, 0.5) is 0 Å². The number of amidine groups is 1. The molecule has 0 radical (unpaired) electrons. The fraction of sp³-hybridized carbons (Fsp3) is 0.900. The van der Waals surface area contributed by atoms with Gasteiger partial charge in [-0.3, -0.25) is 5.41 Å². The second kappa shape index (κ2) is 6.04. The van der Waals surface area contributed by atoms with Crippen molar-refractivity contribution in [2.24, 2.45) is 5.92 Å². The van der Waals surface area contributed by atoms with Crippen molar-refractivity contribution in [1.82, 2.24) is 4.90 Å². The summed E-state index contributed by atoms with van der Waals surface area (Å²) in [6, 6.07) is 0. The van der Waals surface area contributed by atoms with E-state index in [1.54, 1.807) is 0 Å². The molecule has 0 aromatic rings. The van der Waals surface area contributed by atoms with E-state index in [2.05, 4.69) is 32.6 Å². The molecule has 0 bridgehead atoms. The van der Waals surface area contributed by atoms with Crippen molar-refractivity contribution < 1.29 is 0 Å². The molecule has 0 aromatic carbocycles. The van der Waals surface area contributed by atoms with Crippen molar-refractivity contribution >= 4 is 5.84 Å². The molecule has 2 heteroatoms. The lowest BCUT2D eigenvalue weighted by Crippen LogP contribution is -2.29. The number of nitrogens with one attached hydrogen (secondary N) is 1. The van der Waals surface area contributed by atoms with Gasteiger partial charge in [0.05, 0.1) is 5.84 Å². The molecule has 0 amide bonds. The lowest BCUT2D eigenvalue weighted by Gasteiger charge is -2.21. The van der Waals surface area contributed by atoms with E-state index in [-0.39, 0.29) is 0 Å². The Hall–Kier alpha value is -0.530. The molecule has 0 heterocycles. The molecule has 0 atom stereocenters. The Kier molecular flexibility index (Phi) is 5.77. The van der Waals surface area contributed by atoms with E-state index in [0.717, 1.165) is 31.8 Å². The topological polar surface area (TPSA) is 27.1 Å². The third-order valence-electron chi connectivity index (χ3n) is 2.10. The lowest BCUT2D eigenvalue weighted by molar-refractivity contribution is 0.442. The van der Waals surface area contributed by atoms with E-state index >= 15 is 0 Å². The zero-order valence-corrected chi connectivity index (χ0v) is 8.85. The maximum atomic E-state index is 7.77. The van der Waals surface area contributed by atoms with Gasteiger partial charge in [0.15, 0.2) is 0 Å². The first kappa shape index (κ1) is 11.5. The van der Waals surface area contributed by atoms with Crippen molar-refractivity contribution in [1.29, 1.82) is 5.41 Å². The largest absolute Gasteiger partial charge is 0.361 e. The zero-order chi connectivity index (χ0) is 9.56. The highest BCUT2D eigenvalue weighted by atomic mass is 15.1. The third kappa shape index (κ3) is 4.37. The molecule has 72 valence electrons. The van der Waals surface area contributed by atoms with E-state index < -0.39 is 0 Å². The van der Waals surface area contributed by atoms with Crippen molar-refractivity contribution in [2.75, 3.05) is 13.1 Å². The van der Waals surface area contributed by atoms with Crippen LogP contribution in [0.3, 0.4) is 0 Å². The van der Waals surface area contributed by atoms with Crippen molar-refractivity contribution in [3.8, 4) is 0 Å². The molecule has 0 aliphatic rings. The van der Waals surface area contributed by atoms with Gasteiger partial charge in [-0.1, -0.05) is 13.8 Å². The number of hydrogen-bond acceptors (Lipinski definition) is 1. The molecule has 2 nitrogen and oxygen atoms in total. The summed E-state index contributed by atoms with van der Waals surface area (Å²) in [7, 11) is 0. The summed E-state index contributed by atoms with van der Waals surface area (Å²) >= 11 is 0. The Labute approximate surface area is 76.5 Å². The van der Waals surface area contributed by atoms with Crippen LogP contribution in [0.1, 0.15) is 40.5 Å². The smallest absolute Gasteiger partial charge is 0.0957 e. The fourth-order valence-corrected chi connectivity index (χ4v) is 1.19. The number of nitrogens with zero attached hydrogens (tertiary/aromatic N) is 1. The van der Waals surface area contributed by atoms with Gasteiger partial charge in [0.1, 0.15) is 0 Å². The lowest BCUT2D eigenvalue weighted by atomic mass is 10.1. The Morgan fingerprint density at radius 3 is 2.08 bits per heavy atom. The molecule has 0 rings (SSSR count). The van der Waals surface area contributed by atoms with E-state index in [4.69, 9.17) is 5.41 Å². The molecule has 0 unspecified atom stereocenters. The average Bonchev–Trinajstić information content (AvgIpc) is 2.03. The Morgan fingerprint density at radius 1 is 1.25 bits per heavy atom. The molecular formula is C10H22N2. The van der Waals surface area contributed by atoms with Gasteiger partial charge in [0.25, 0.3) is 0 Å². The summed E-state index contributed by atoms with van der Waals surface area (Å²) in [5.41, 5.74) is 0. The fourth-order valence-electron chi connectivity index (χ4n) is 1.19. The van der Waals surface area contributed by atoms with Crippen LogP contribution in [0, 0.1) is 11.3 Å². The van der Waals surface area contributed by atoms with Crippen LogP contribution < -0.4 is 0 Å². The Bertz CT molecular complexity index is 126. The third-order valence-corrected chi connectivity index (χ3v) is 2.10. The molecule has 0 fully saturated rings. The molecule has 0 saturated heterocycles. The highest BCUT2D eigenvalue weighted by Crippen LogP contribution is 2.06. The Morgan fingerprint density at radius 2 is 1.75 bits per heavy atom. The van der Waals surface area contributed by atoms with E-state index in [1.807, 2.05) is 0 Å². The highest BCUT2D eigenvalue weighted by molar-refractivity contribution is 5.78. The average molecular weight is 170 g/mol. The van der Waals surface area contributed by atoms with Crippen molar-refractivity contribution in [3.05, 3.63) is 0 Å². The molecule has 12 heavy (non-hydrogen) atoms. The van der Waals surface area contributed by atoms with Gasteiger partial charge in [0, 0.05) is 19.5 Å². The van der Waals surface area contributed by atoms with Crippen LogP contribution in [0.5, 0.6) is 0 Å². The first-order chi connectivity index (χ1) is 5.61. The molecule has 0 saturated carbocycles. The van der Waals surface area contributed by atoms with E-state index in [0.29, 0.717) is 5.92 Å². The van der Waals surface area contributed by atoms with Gasteiger partial charge in [-0.15, -0.1) is 0 Å². The van der Waals surface area contributed by atoms with Crippen LogP contribution >= 0.6 is 0 Å². The summed E-state index contributed by atoms with van der Waals surface area (Å²) in [5.74, 6) is 1.51. The standard InChI is InChI=1S/C10H22N2/c1-5-12(6-2)10(11)8-7-9(3)4/h9,11H,5-8H2,1-4H3.